The molecule has 6 heteroatoms. The van der Waals surface area contributed by atoms with Crippen molar-refractivity contribution >= 4 is 21.3 Å². The van der Waals surface area contributed by atoms with E-state index in [4.69, 9.17) is 0 Å². The molecule has 3 aliphatic rings. The average Bonchev–Trinajstić information content (AvgIpc) is 3.26. The lowest BCUT2D eigenvalue weighted by atomic mass is 9.81. The van der Waals surface area contributed by atoms with E-state index in [1.165, 1.54) is 24.0 Å². The SMILES string of the molecule is Cc1ccc(S(=O)(=O)N2CC[C@@H]3[C@H]2c2cc(C4=CCCCC4)ccc2N(C)[C@H]3CO)cc1. The Kier molecular flexibility index (Phi) is 5.64. The number of hydrogen-bond donors (Lipinski definition) is 1. The van der Waals surface area contributed by atoms with Gasteiger partial charge in [0.2, 0.25) is 10.0 Å². The third-order valence-electron chi connectivity index (χ3n) is 7.59. The van der Waals surface area contributed by atoms with E-state index in [0.29, 0.717) is 11.4 Å². The third-order valence-corrected chi connectivity index (χ3v) is 9.49. The van der Waals surface area contributed by atoms with Crippen LogP contribution in [0.3, 0.4) is 0 Å². The quantitative estimate of drug-likeness (QED) is 0.741. The zero-order chi connectivity index (χ0) is 22.5. The van der Waals surface area contributed by atoms with Crippen LogP contribution in [-0.2, 0) is 10.0 Å². The van der Waals surface area contributed by atoms with Crippen molar-refractivity contribution in [2.45, 2.75) is 56.0 Å². The van der Waals surface area contributed by atoms with E-state index in [-0.39, 0.29) is 24.6 Å². The van der Waals surface area contributed by atoms with Gasteiger partial charge in [0, 0.05) is 25.2 Å². The van der Waals surface area contributed by atoms with Gasteiger partial charge in [-0.1, -0.05) is 29.8 Å². The fraction of sp³-hybridized carbons (Fsp3) is 0.462. The van der Waals surface area contributed by atoms with Gasteiger partial charge in [0.25, 0.3) is 0 Å². The Hall–Kier alpha value is -2.15. The molecule has 5 rings (SSSR count). The van der Waals surface area contributed by atoms with Crippen LogP contribution in [0.5, 0.6) is 0 Å². The standard InChI is InChI=1S/C26H32N2O3S/c1-18-8-11-21(12-9-18)32(30,31)28-15-14-22-25(17-29)27(2)24-13-10-20(16-23(24)26(22)28)19-6-4-3-5-7-19/h6,8-13,16,22,25-26,29H,3-5,7,14-15,17H2,1-2H3/t22-,25-,26-/m0/s1. The number of aliphatic hydroxyl groups excluding tert-OH is 1. The molecule has 0 unspecified atom stereocenters. The van der Waals surface area contributed by atoms with Gasteiger partial charge in [0.1, 0.15) is 0 Å². The molecule has 32 heavy (non-hydrogen) atoms. The van der Waals surface area contributed by atoms with Crippen LogP contribution in [0.1, 0.15) is 54.8 Å². The topological polar surface area (TPSA) is 60.9 Å². The maximum atomic E-state index is 13.7. The third kappa shape index (κ3) is 3.49. The van der Waals surface area contributed by atoms with Gasteiger partial charge < -0.3 is 10.0 Å². The van der Waals surface area contributed by atoms with Crippen molar-refractivity contribution in [3.8, 4) is 0 Å². The molecular weight excluding hydrogens is 420 g/mol. The first kappa shape index (κ1) is 21.7. The first-order valence-corrected chi connectivity index (χ1v) is 13.1. The number of aliphatic hydroxyl groups is 1. The highest BCUT2D eigenvalue weighted by Crippen LogP contribution is 2.51. The minimum absolute atomic E-state index is 0.0163. The number of benzene rings is 2. The minimum atomic E-state index is -3.64. The number of nitrogens with zero attached hydrogens (tertiary/aromatic N) is 2. The van der Waals surface area contributed by atoms with Crippen molar-refractivity contribution in [3.05, 3.63) is 65.2 Å². The van der Waals surface area contributed by atoms with E-state index in [0.717, 1.165) is 36.1 Å². The molecule has 1 aliphatic carbocycles. The van der Waals surface area contributed by atoms with Crippen molar-refractivity contribution in [2.75, 3.05) is 25.1 Å². The van der Waals surface area contributed by atoms with Crippen molar-refractivity contribution in [3.63, 3.8) is 0 Å². The van der Waals surface area contributed by atoms with Crippen molar-refractivity contribution in [2.24, 2.45) is 5.92 Å². The highest BCUT2D eigenvalue weighted by atomic mass is 32.2. The van der Waals surface area contributed by atoms with Crippen molar-refractivity contribution < 1.29 is 13.5 Å². The average molecular weight is 453 g/mol. The normalized spacial score (nSPS) is 25.9. The number of likely N-dealkylation sites (N-methyl/N-ethyl adjacent to an activating group) is 1. The lowest BCUT2D eigenvalue weighted by molar-refractivity contribution is 0.193. The monoisotopic (exact) mass is 452 g/mol. The molecule has 3 atom stereocenters. The summed E-state index contributed by atoms with van der Waals surface area (Å²) in [5, 5.41) is 10.2. The van der Waals surface area contributed by atoms with Gasteiger partial charge in [0.15, 0.2) is 0 Å². The molecule has 0 radical (unpaired) electrons. The van der Waals surface area contributed by atoms with Gasteiger partial charge >= 0.3 is 0 Å². The second-order valence-corrected chi connectivity index (χ2v) is 11.3. The Labute approximate surface area is 191 Å². The van der Waals surface area contributed by atoms with Gasteiger partial charge in [-0.2, -0.15) is 4.31 Å². The first-order chi connectivity index (χ1) is 15.4. The molecule has 2 aromatic rings. The Morgan fingerprint density at radius 3 is 2.56 bits per heavy atom. The van der Waals surface area contributed by atoms with Crippen LogP contribution >= 0.6 is 0 Å². The summed E-state index contributed by atoms with van der Waals surface area (Å²) in [6.45, 7) is 2.45. The van der Waals surface area contributed by atoms with Crippen molar-refractivity contribution in [1.82, 2.24) is 4.31 Å². The second kappa shape index (κ2) is 8.32. The molecular formula is C26H32N2O3S. The van der Waals surface area contributed by atoms with E-state index < -0.39 is 10.0 Å². The second-order valence-electron chi connectivity index (χ2n) is 9.44. The fourth-order valence-electron chi connectivity index (χ4n) is 5.83. The minimum Gasteiger partial charge on any atom is -0.394 e. The van der Waals surface area contributed by atoms with Gasteiger partial charge in [-0.15, -0.1) is 0 Å². The molecule has 1 saturated heterocycles. The molecule has 1 N–H and O–H groups in total. The van der Waals surface area contributed by atoms with E-state index in [1.54, 1.807) is 16.4 Å². The summed E-state index contributed by atoms with van der Waals surface area (Å²) >= 11 is 0. The molecule has 0 amide bonds. The first-order valence-electron chi connectivity index (χ1n) is 11.7. The molecule has 170 valence electrons. The maximum absolute atomic E-state index is 13.7. The number of allylic oxidation sites excluding steroid dienone is 2. The Balaban J connectivity index is 1.62. The maximum Gasteiger partial charge on any atom is 0.243 e. The Morgan fingerprint density at radius 2 is 1.88 bits per heavy atom. The summed E-state index contributed by atoms with van der Waals surface area (Å²) in [4.78, 5) is 2.49. The summed E-state index contributed by atoms with van der Waals surface area (Å²) in [7, 11) is -1.62. The largest absolute Gasteiger partial charge is 0.394 e. The van der Waals surface area contributed by atoms with E-state index in [1.807, 2.05) is 26.1 Å². The molecule has 2 heterocycles. The van der Waals surface area contributed by atoms with Crippen LogP contribution in [0.25, 0.3) is 5.57 Å². The highest BCUT2D eigenvalue weighted by Gasteiger charge is 2.50. The van der Waals surface area contributed by atoms with Gasteiger partial charge in [-0.25, -0.2) is 8.42 Å². The molecule has 2 aliphatic heterocycles. The van der Waals surface area contributed by atoms with Crippen LogP contribution in [0.15, 0.2) is 53.4 Å². The molecule has 0 saturated carbocycles. The molecule has 1 fully saturated rings. The molecule has 0 bridgehead atoms. The van der Waals surface area contributed by atoms with Crippen LogP contribution in [0.2, 0.25) is 0 Å². The number of fused-ring (bicyclic) bond motifs is 3. The summed E-state index contributed by atoms with van der Waals surface area (Å²) in [6, 6.07) is 13.3. The lowest BCUT2D eigenvalue weighted by Crippen LogP contribution is -2.48. The van der Waals surface area contributed by atoms with Crippen molar-refractivity contribution in [1.29, 1.82) is 0 Å². The molecule has 0 aromatic heterocycles. The zero-order valence-corrected chi connectivity index (χ0v) is 19.7. The zero-order valence-electron chi connectivity index (χ0n) is 18.9. The Morgan fingerprint density at radius 1 is 1.09 bits per heavy atom. The molecule has 0 spiro atoms. The van der Waals surface area contributed by atoms with E-state index >= 15 is 0 Å². The van der Waals surface area contributed by atoms with E-state index in [9.17, 15) is 13.5 Å². The van der Waals surface area contributed by atoms with Gasteiger partial charge in [0.05, 0.1) is 23.6 Å². The lowest BCUT2D eigenvalue weighted by Gasteiger charge is -2.44. The van der Waals surface area contributed by atoms with Crippen LogP contribution in [0.4, 0.5) is 5.69 Å². The molecule has 5 nitrogen and oxygen atoms in total. The van der Waals surface area contributed by atoms with Crippen LogP contribution < -0.4 is 4.90 Å². The van der Waals surface area contributed by atoms with E-state index in [2.05, 4.69) is 29.2 Å². The van der Waals surface area contributed by atoms with Gasteiger partial charge in [-0.05, 0) is 80.0 Å². The fourth-order valence-corrected chi connectivity index (χ4v) is 7.49. The number of hydrogen-bond acceptors (Lipinski definition) is 4. The van der Waals surface area contributed by atoms with Crippen LogP contribution in [0, 0.1) is 12.8 Å². The number of rotatable bonds is 4. The number of aryl methyl sites for hydroxylation is 1. The van der Waals surface area contributed by atoms with Gasteiger partial charge in [-0.3, -0.25) is 0 Å². The summed E-state index contributed by atoms with van der Waals surface area (Å²) in [5.74, 6) is 0.0632. The summed E-state index contributed by atoms with van der Waals surface area (Å²) in [5.41, 5.74) is 5.71. The summed E-state index contributed by atoms with van der Waals surface area (Å²) < 4.78 is 29.1. The number of anilines is 1. The molecule has 2 aromatic carbocycles. The Bertz CT molecular complexity index is 1140. The summed E-state index contributed by atoms with van der Waals surface area (Å²) in [6.07, 6.45) is 7.71. The van der Waals surface area contributed by atoms with Crippen LogP contribution in [-0.4, -0.2) is 44.1 Å². The predicted molar refractivity (Wildman–Crippen MR) is 128 cm³/mol. The predicted octanol–water partition coefficient (Wildman–Crippen LogP) is 4.52. The highest BCUT2D eigenvalue weighted by molar-refractivity contribution is 7.89. The smallest absolute Gasteiger partial charge is 0.243 e. The number of sulfonamides is 1.